The van der Waals surface area contributed by atoms with Crippen LogP contribution in [0.5, 0.6) is 0 Å². The predicted octanol–water partition coefficient (Wildman–Crippen LogP) is 6.28. The van der Waals surface area contributed by atoms with Crippen LogP contribution in [-0.2, 0) is 0 Å². The van der Waals surface area contributed by atoms with Crippen LogP contribution in [0.15, 0.2) is 71.4 Å². The Labute approximate surface area is 137 Å². The monoisotopic (exact) mass is 321 g/mol. The minimum atomic E-state index is 0.731. The van der Waals surface area contributed by atoms with Crippen molar-refractivity contribution in [3.63, 3.8) is 0 Å². The highest BCUT2D eigenvalue weighted by atomic mass is 35.5. The Morgan fingerprint density at radius 3 is 2.50 bits per heavy atom. The summed E-state index contributed by atoms with van der Waals surface area (Å²) in [5, 5.41) is 6.01. The summed E-state index contributed by atoms with van der Waals surface area (Å²) in [6, 6.07) is 20.5. The van der Waals surface area contributed by atoms with E-state index in [-0.39, 0.29) is 0 Å². The second-order valence-corrected chi connectivity index (χ2v) is 6.31. The number of pyridine rings is 1. The van der Waals surface area contributed by atoms with Crippen LogP contribution in [0.3, 0.4) is 0 Å². The van der Waals surface area contributed by atoms with Gasteiger partial charge in [0.25, 0.3) is 0 Å². The Hall–Kier alpha value is -2.16. The fourth-order valence-corrected chi connectivity index (χ4v) is 3.43. The van der Waals surface area contributed by atoms with Gasteiger partial charge in [0.2, 0.25) is 0 Å². The molecule has 0 spiro atoms. The molecule has 2 aromatic heterocycles. The zero-order valence-corrected chi connectivity index (χ0v) is 13.2. The summed E-state index contributed by atoms with van der Waals surface area (Å²) >= 11 is 7.87. The van der Waals surface area contributed by atoms with Crippen LogP contribution in [0.2, 0.25) is 5.02 Å². The number of thiophene rings is 1. The SMILES string of the molecule is Clc1ccc2nc(-c3ccsc3)cc(-c3ccccc3)c2c1. The second-order valence-electron chi connectivity index (χ2n) is 5.09. The molecule has 0 saturated carbocycles. The minimum Gasteiger partial charge on any atom is -0.248 e. The first-order valence-electron chi connectivity index (χ1n) is 6.99. The number of aromatic nitrogens is 1. The number of rotatable bonds is 2. The largest absolute Gasteiger partial charge is 0.248 e. The van der Waals surface area contributed by atoms with E-state index in [0.717, 1.165) is 32.7 Å². The first-order valence-corrected chi connectivity index (χ1v) is 8.32. The standard InChI is InChI=1S/C19H12ClNS/c20-15-6-7-18-17(10-15)16(13-4-2-1-3-5-13)11-19(21-18)14-8-9-22-12-14/h1-12H. The van der Waals surface area contributed by atoms with Crippen molar-refractivity contribution < 1.29 is 0 Å². The van der Waals surface area contributed by atoms with Crippen molar-refractivity contribution in [1.29, 1.82) is 0 Å². The van der Waals surface area contributed by atoms with E-state index in [1.807, 2.05) is 24.3 Å². The topological polar surface area (TPSA) is 12.9 Å². The lowest BCUT2D eigenvalue weighted by molar-refractivity contribution is 1.41. The molecule has 0 saturated heterocycles. The maximum atomic E-state index is 6.19. The molecule has 2 aromatic carbocycles. The van der Waals surface area contributed by atoms with Gasteiger partial charge in [-0.15, -0.1) is 0 Å². The number of hydrogen-bond acceptors (Lipinski definition) is 2. The molecule has 22 heavy (non-hydrogen) atoms. The fourth-order valence-electron chi connectivity index (χ4n) is 2.61. The van der Waals surface area contributed by atoms with Gasteiger partial charge >= 0.3 is 0 Å². The Balaban J connectivity index is 2.05. The molecular weight excluding hydrogens is 310 g/mol. The molecule has 0 aliphatic rings. The van der Waals surface area contributed by atoms with Crippen LogP contribution in [0.4, 0.5) is 0 Å². The maximum Gasteiger partial charge on any atom is 0.0724 e. The van der Waals surface area contributed by atoms with Gasteiger partial charge in [-0.05, 0) is 46.8 Å². The van der Waals surface area contributed by atoms with Gasteiger partial charge in [-0.3, -0.25) is 0 Å². The predicted molar refractivity (Wildman–Crippen MR) is 95.5 cm³/mol. The van der Waals surface area contributed by atoms with E-state index in [4.69, 9.17) is 16.6 Å². The van der Waals surface area contributed by atoms with Gasteiger partial charge in [0.05, 0.1) is 11.2 Å². The van der Waals surface area contributed by atoms with Crippen LogP contribution in [0, 0.1) is 0 Å². The van der Waals surface area contributed by atoms with Crippen LogP contribution in [0.25, 0.3) is 33.3 Å². The Kier molecular flexibility index (Phi) is 3.41. The van der Waals surface area contributed by atoms with E-state index in [1.54, 1.807) is 11.3 Å². The van der Waals surface area contributed by atoms with Crippen LogP contribution in [-0.4, -0.2) is 4.98 Å². The number of hydrogen-bond donors (Lipinski definition) is 0. The zero-order valence-electron chi connectivity index (χ0n) is 11.7. The summed E-state index contributed by atoms with van der Waals surface area (Å²) < 4.78 is 0. The van der Waals surface area contributed by atoms with Crippen molar-refractivity contribution in [1.82, 2.24) is 4.98 Å². The fraction of sp³-hybridized carbons (Fsp3) is 0. The highest BCUT2D eigenvalue weighted by molar-refractivity contribution is 7.08. The first kappa shape index (κ1) is 13.5. The third-order valence-corrected chi connectivity index (χ3v) is 4.59. The summed E-state index contributed by atoms with van der Waals surface area (Å²) in [7, 11) is 0. The molecular formula is C19H12ClNS. The van der Waals surface area contributed by atoms with E-state index in [2.05, 4.69) is 47.2 Å². The van der Waals surface area contributed by atoms with E-state index in [1.165, 1.54) is 5.56 Å². The van der Waals surface area contributed by atoms with Crippen molar-refractivity contribution in [2.45, 2.75) is 0 Å². The molecule has 0 aliphatic carbocycles. The molecule has 4 rings (SSSR count). The van der Waals surface area contributed by atoms with Crippen LogP contribution < -0.4 is 0 Å². The number of halogens is 1. The molecule has 2 heterocycles. The van der Waals surface area contributed by atoms with Crippen molar-refractivity contribution in [3.8, 4) is 22.4 Å². The second kappa shape index (κ2) is 5.56. The third-order valence-electron chi connectivity index (χ3n) is 3.67. The molecule has 0 unspecified atom stereocenters. The van der Waals surface area contributed by atoms with E-state index >= 15 is 0 Å². The van der Waals surface area contributed by atoms with Gasteiger partial charge in [0, 0.05) is 21.4 Å². The van der Waals surface area contributed by atoms with Crippen LogP contribution >= 0.6 is 22.9 Å². The summed E-state index contributed by atoms with van der Waals surface area (Å²) in [5.74, 6) is 0. The normalized spacial score (nSPS) is 11.0. The van der Waals surface area contributed by atoms with Gasteiger partial charge in [-0.1, -0.05) is 41.9 Å². The van der Waals surface area contributed by atoms with Gasteiger partial charge < -0.3 is 0 Å². The third kappa shape index (κ3) is 2.41. The lowest BCUT2D eigenvalue weighted by atomic mass is 9.99. The lowest BCUT2D eigenvalue weighted by Crippen LogP contribution is -1.89. The van der Waals surface area contributed by atoms with E-state index < -0.39 is 0 Å². The molecule has 0 aliphatic heterocycles. The van der Waals surface area contributed by atoms with Gasteiger partial charge in [-0.25, -0.2) is 4.98 Å². The average Bonchev–Trinajstić information content (AvgIpc) is 3.09. The molecule has 106 valence electrons. The zero-order chi connectivity index (χ0) is 14.9. The molecule has 0 atom stereocenters. The Morgan fingerprint density at radius 1 is 0.864 bits per heavy atom. The quantitative estimate of drug-likeness (QED) is 0.423. The highest BCUT2D eigenvalue weighted by Gasteiger charge is 2.10. The van der Waals surface area contributed by atoms with E-state index in [9.17, 15) is 0 Å². The first-order chi connectivity index (χ1) is 10.8. The average molecular weight is 322 g/mol. The van der Waals surface area contributed by atoms with Gasteiger partial charge in [-0.2, -0.15) is 11.3 Å². The lowest BCUT2D eigenvalue weighted by Gasteiger charge is -2.10. The Morgan fingerprint density at radius 2 is 1.73 bits per heavy atom. The molecule has 3 heteroatoms. The Bertz CT molecular complexity index is 930. The molecule has 0 fully saturated rings. The molecule has 0 amide bonds. The van der Waals surface area contributed by atoms with Gasteiger partial charge in [0.15, 0.2) is 0 Å². The smallest absolute Gasteiger partial charge is 0.0724 e. The molecule has 1 nitrogen and oxygen atoms in total. The van der Waals surface area contributed by atoms with E-state index in [0.29, 0.717) is 0 Å². The molecule has 0 N–H and O–H groups in total. The summed E-state index contributed by atoms with van der Waals surface area (Å²) in [5.41, 5.74) is 5.45. The molecule has 4 aromatic rings. The van der Waals surface area contributed by atoms with Crippen molar-refractivity contribution >= 4 is 33.8 Å². The highest BCUT2D eigenvalue weighted by Crippen LogP contribution is 2.33. The summed E-state index contributed by atoms with van der Waals surface area (Å²) in [4.78, 5) is 4.79. The van der Waals surface area contributed by atoms with Crippen molar-refractivity contribution in [3.05, 3.63) is 76.4 Å². The molecule has 0 bridgehead atoms. The number of benzene rings is 2. The summed E-state index contributed by atoms with van der Waals surface area (Å²) in [6.07, 6.45) is 0. The minimum absolute atomic E-state index is 0.731. The van der Waals surface area contributed by atoms with Crippen molar-refractivity contribution in [2.24, 2.45) is 0 Å². The van der Waals surface area contributed by atoms with Crippen molar-refractivity contribution in [2.75, 3.05) is 0 Å². The number of nitrogens with zero attached hydrogens (tertiary/aromatic N) is 1. The number of fused-ring (bicyclic) bond motifs is 1. The summed E-state index contributed by atoms with van der Waals surface area (Å²) in [6.45, 7) is 0. The molecule has 0 radical (unpaired) electrons. The van der Waals surface area contributed by atoms with Crippen LogP contribution in [0.1, 0.15) is 0 Å². The maximum absolute atomic E-state index is 6.19. The van der Waals surface area contributed by atoms with Gasteiger partial charge in [0.1, 0.15) is 0 Å².